The van der Waals surface area contributed by atoms with Gasteiger partial charge >= 0.3 is 0 Å². The van der Waals surface area contributed by atoms with Gasteiger partial charge in [0.15, 0.2) is 0 Å². The second-order valence-corrected chi connectivity index (χ2v) is 12.9. The second kappa shape index (κ2) is 22.1. The van der Waals surface area contributed by atoms with Crippen LogP contribution < -0.4 is 4.74 Å². The molecule has 1 aromatic carbocycles. The van der Waals surface area contributed by atoms with E-state index in [9.17, 15) is 5.11 Å². The number of thioether (sulfide) groups is 1. The standard InChI is InChI=1S/C33H60O3S/c1-6-8-10-11-12-13-14-17-25-35-32(27-34)28-37-26-18-16-20-30(19-15-9-7-2)36-31-23-21-29(22-24-31)33(3,4)5/h21-24,30,32,34H,6-20,25-28H2,1-5H3/t30-,32+/m1/s1. The van der Waals surface area contributed by atoms with E-state index in [-0.39, 0.29) is 18.1 Å². The molecule has 1 aromatic rings. The highest BCUT2D eigenvalue weighted by Crippen LogP contribution is 2.26. The van der Waals surface area contributed by atoms with Crippen molar-refractivity contribution in [1.29, 1.82) is 0 Å². The maximum Gasteiger partial charge on any atom is 0.119 e. The van der Waals surface area contributed by atoms with E-state index < -0.39 is 0 Å². The van der Waals surface area contributed by atoms with Crippen LogP contribution in [0.15, 0.2) is 24.3 Å². The van der Waals surface area contributed by atoms with Crippen molar-refractivity contribution < 1.29 is 14.6 Å². The minimum Gasteiger partial charge on any atom is -0.490 e. The fourth-order valence-electron chi connectivity index (χ4n) is 4.54. The first kappa shape index (κ1) is 34.3. The van der Waals surface area contributed by atoms with Crippen molar-refractivity contribution in [2.45, 2.75) is 149 Å². The van der Waals surface area contributed by atoms with E-state index in [2.05, 4.69) is 58.9 Å². The Morgan fingerprint density at radius 1 is 0.730 bits per heavy atom. The lowest BCUT2D eigenvalue weighted by Crippen LogP contribution is -2.21. The van der Waals surface area contributed by atoms with Crippen LogP contribution >= 0.6 is 11.8 Å². The highest BCUT2D eigenvalue weighted by molar-refractivity contribution is 7.99. The quantitative estimate of drug-likeness (QED) is 0.133. The van der Waals surface area contributed by atoms with Crippen LogP contribution in [-0.4, -0.2) is 42.0 Å². The molecule has 0 saturated heterocycles. The number of unbranched alkanes of at least 4 members (excludes halogenated alkanes) is 10. The Hall–Kier alpha value is -0.710. The molecule has 216 valence electrons. The summed E-state index contributed by atoms with van der Waals surface area (Å²) in [6.45, 7) is 12.2. The van der Waals surface area contributed by atoms with Gasteiger partial charge in [0.25, 0.3) is 0 Å². The Bertz CT molecular complexity index is 625. The summed E-state index contributed by atoms with van der Waals surface area (Å²) in [5.41, 5.74) is 1.52. The van der Waals surface area contributed by atoms with Gasteiger partial charge < -0.3 is 14.6 Å². The topological polar surface area (TPSA) is 38.7 Å². The lowest BCUT2D eigenvalue weighted by Gasteiger charge is -2.22. The molecule has 0 heterocycles. The zero-order valence-electron chi connectivity index (χ0n) is 25.1. The Kier molecular flexibility index (Phi) is 20.5. The molecule has 1 N–H and O–H groups in total. The van der Waals surface area contributed by atoms with Gasteiger partial charge in [-0.2, -0.15) is 11.8 Å². The van der Waals surface area contributed by atoms with Gasteiger partial charge in [-0.05, 0) is 67.4 Å². The van der Waals surface area contributed by atoms with Crippen molar-refractivity contribution >= 4 is 11.8 Å². The number of ether oxygens (including phenoxy) is 2. The molecule has 0 aliphatic heterocycles. The summed E-state index contributed by atoms with van der Waals surface area (Å²) in [7, 11) is 0. The molecule has 0 fully saturated rings. The molecule has 2 atom stereocenters. The highest BCUT2D eigenvalue weighted by atomic mass is 32.2. The lowest BCUT2D eigenvalue weighted by atomic mass is 9.87. The Balaban J connectivity index is 2.22. The van der Waals surface area contributed by atoms with Crippen LogP contribution in [-0.2, 0) is 10.2 Å². The molecule has 4 heteroatoms. The van der Waals surface area contributed by atoms with Gasteiger partial charge in [-0.1, -0.05) is 105 Å². The first-order valence-corrected chi connectivity index (χ1v) is 16.6. The molecule has 3 nitrogen and oxygen atoms in total. The van der Waals surface area contributed by atoms with Gasteiger partial charge in [-0.15, -0.1) is 0 Å². The Morgan fingerprint density at radius 3 is 1.89 bits per heavy atom. The molecule has 37 heavy (non-hydrogen) atoms. The van der Waals surface area contributed by atoms with Crippen LogP contribution in [0.4, 0.5) is 0 Å². The van der Waals surface area contributed by atoms with Crippen molar-refractivity contribution in [1.82, 2.24) is 0 Å². The van der Waals surface area contributed by atoms with Gasteiger partial charge in [-0.3, -0.25) is 0 Å². The average molecular weight is 537 g/mol. The van der Waals surface area contributed by atoms with Crippen LogP contribution in [0.5, 0.6) is 5.75 Å². The van der Waals surface area contributed by atoms with E-state index in [1.54, 1.807) is 0 Å². The van der Waals surface area contributed by atoms with E-state index in [4.69, 9.17) is 9.47 Å². The summed E-state index contributed by atoms with van der Waals surface area (Å²) in [6.07, 6.45) is 19.2. The van der Waals surface area contributed by atoms with Gasteiger partial charge in [0.1, 0.15) is 5.75 Å². The first-order valence-electron chi connectivity index (χ1n) is 15.5. The maximum atomic E-state index is 9.67. The summed E-state index contributed by atoms with van der Waals surface area (Å²) >= 11 is 1.92. The zero-order valence-corrected chi connectivity index (χ0v) is 25.9. The molecule has 0 aromatic heterocycles. The monoisotopic (exact) mass is 536 g/mol. The Labute approximate surface area is 234 Å². The van der Waals surface area contributed by atoms with Crippen molar-refractivity contribution in [3.05, 3.63) is 29.8 Å². The van der Waals surface area contributed by atoms with Crippen molar-refractivity contribution in [3.63, 3.8) is 0 Å². The smallest absolute Gasteiger partial charge is 0.119 e. The SMILES string of the molecule is CCCCCCCCCCO[C@@H](CO)CSCCCC[C@@H](CCCCC)Oc1ccc(C(C)(C)C)cc1. The summed E-state index contributed by atoms with van der Waals surface area (Å²) in [6, 6.07) is 8.71. The normalized spacial score (nSPS) is 13.6. The van der Waals surface area contributed by atoms with Crippen LogP contribution in [0.1, 0.15) is 136 Å². The molecule has 0 saturated carbocycles. The minimum absolute atomic E-state index is 0.0178. The van der Waals surface area contributed by atoms with Crippen molar-refractivity contribution in [3.8, 4) is 5.75 Å². The van der Waals surface area contributed by atoms with Crippen molar-refractivity contribution in [2.24, 2.45) is 0 Å². The largest absolute Gasteiger partial charge is 0.490 e. The molecule has 1 rings (SSSR count). The predicted molar refractivity (Wildman–Crippen MR) is 164 cm³/mol. The second-order valence-electron chi connectivity index (χ2n) is 11.7. The van der Waals surface area contributed by atoms with E-state index in [0.29, 0.717) is 6.10 Å². The molecule has 0 aliphatic rings. The Morgan fingerprint density at radius 2 is 1.30 bits per heavy atom. The molecule has 0 unspecified atom stereocenters. The molecule has 0 radical (unpaired) electrons. The average Bonchev–Trinajstić information content (AvgIpc) is 2.88. The number of aliphatic hydroxyl groups is 1. The van der Waals surface area contributed by atoms with Crippen LogP contribution in [0.25, 0.3) is 0 Å². The minimum atomic E-state index is -0.0178. The number of rotatable bonds is 24. The van der Waals surface area contributed by atoms with E-state index >= 15 is 0 Å². The van der Waals surface area contributed by atoms with E-state index in [1.165, 1.54) is 82.6 Å². The molecule has 0 bridgehead atoms. The number of benzene rings is 1. The molecular formula is C33H60O3S. The maximum absolute atomic E-state index is 9.67. The fourth-order valence-corrected chi connectivity index (χ4v) is 5.58. The highest BCUT2D eigenvalue weighted by Gasteiger charge is 2.15. The third kappa shape index (κ3) is 18.3. The fraction of sp³-hybridized carbons (Fsp3) is 0.818. The van der Waals surface area contributed by atoms with Crippen LogP contribution in [0.2, 0.25) is 0 Å². The number of hydrogen-bond acceptors (Lipinski definition) is 4. The van der Waals surface area contributed by atoms with Gasteiger partial charge in [0.2, 0.25) is 0 Å². The number of aliphatic hydroxyl groups excluding tert-OH is 1. The summed E-state index contributed by atoms with van der Waals surface area (Å²) in [4.78, 5) is 0. The molecule has 0 spiro atoms. The van der Waals surface area contributed by atoms with Crippen LogP contribution in [0, 0.1) is 0 Å². The van der Waals surface area contributed by atoms with Gasteiger partial charge in [-0.25, -0.2) is 0 Å². The van der Waals surface area contributed by atoms with E-state index in [0.717, 1.165) is 43.1 Å². The molecule has 0 aliphatic carbocycles. The molecule has 0 amide bonds. The third-order valence-electron chi connectivity index (χ3n) is 7.08. The van der Waals surface area contributed by atoms with Gasteiger partial charge in [0, 0.05) is 12.4 Å². The van der Waals surface area contributed by atoms with Crippen LogP contribution in [0.3, 0.4) is 0 Å². The van der Waals surface area contributed by atoms with Gasteiger partial charge in [0.05, 0.1) is 18.8 Å². The van der Waals surface area contributed by atoms with E-state index in [1.807, 2.05) is 11.8 Å². The molecular weight excluding hydrogens is 476 g/mol. The predicted octanol–water partition coefficient (Wildman–Crippen LogP) is 9.73. The van der Waals surface area contributed by atoms with Crippen molar-refractivity contribution in [2.75, 3.05) is 24.7 Å². The third-order valence-corrected chi connectivity index (χ3v) is 8.26. The lowest BCUT2D eigenvalue weighted by molar-refractivity contribution is 0.0260. The summed E-state index contributed by atoms with van der Waals surface area (Å²) < 4.78 is 12.4. The summed E-state index contributed by atoms with van der Waals surface area (Å²) in [5, 5.41) is 9.67. The first-order chi connectivity index (χ1) is 17.9. The summed E-state index contributed by atoms with van der Waals surface area (Å²) in [5.74, 6) is 3.02. The zero-order chi connectivity index (χ0) is 27.2. The number of hydrogen-bond donors (Lipinski definition) is 1.